The van der Waals surface area contributed by atoms with Crippen molar-refractivity contribution in [2.45, 2.75) is 38.5 Å². The van der Waals surface area contributed by atoms with Crippen molar-refractivity contribution >= 4 is 18.0 Å². The normalized spacial score (nSPS) is 14.1. The summed E-state index contributed by atoms with van der Waals surface area (Å²) in [4.78, 5) is 29.7. The molecule has 1 heterocycles. The fraction of sp³-hybridized carbons (Fsp3) is 0.500. The maximum Gasteiger partial charge on any atom is 0.414 e. The highest BCUT2D eigenvalue weighted by Crippen LogP contribution is 2.15. The van der Waals surface area contributed by atoms with Gasteiger partial charge in [0, 0.05) is 18.0 Å². The number of ether oxygens (including phenoxy) is 1. The Hall–Kier alpha value is -2.26. The number of nitrogens with two attached hydrogens (primary N) is 1. The van der Waals surface area contributed by atoms with Crippen molar-refractivity contribution in [3.8, 4) is 0 Å². The summed E-state index contributed by atoms with van der Waals surface area (Å²) in [6.45, 7) is 5.13. The van der Waals surface area contributed by atoms with Crippen LogP contribution in [0.5, 0.6) is 0 Å². The minimum Gasteiger partial charge on any atom is -0.480 e. The van der Waals surface area contributed by atoms with Gasteiger partial charge in [0.15, 0.2) is 0 Å². The molecule has 1 rings (SSSR count). The van der Waals surface area contributed by atoms with Gasteiger partial charge >= 0.3 is 12.1 Å². The second-order valence-electron chi connectivity index (χ2n) is 5.28. The molecule has 2 atom stereocenters. The third-order valence-corrected chi connectivity index (χ3v) is 2.25. The van der Waals surface area contributed by atoms with Gasteiger partial charge in [-0.15, -0.1) is 0 Å². The first-order valence-electron chi connectivity index (χ1n) is 6.08. The number of carbonyl (C=O) groups is 2. The predicted molar refractivity (Wildman–Crippen MR) is 72.5 cm³/mol. The quantitative estimate of drug-likeness (QED) is 0.619. The van der Waals surface area contributed by atoms with Gasteiger partial charge in [-0.2, -0.15) is 0 Å². The molecule has 0 aromatic carbocycles. The first-order chi connectivity index (χ1) is 9.60. The molecular weight excluding hydrogens is 280 g/mol. The van der Waals surface area contributed by atoms with Crippen LogP contribution in [0.3, 0.4) is 0 Å². The maximum absolute atomic E-state index is 11.5. The molecule has 0 radical (unpaired) electrons. The molecule has 0 bridgehead atoms. The number of aliphatic hydroxyl groups is 1. The van der Waals surface area contributed by atoms with Crippen LogP contribution in [0, 0.1) is 0 Å². The molecule has 0 spiro atoms. The van der Waals surface area contributed by atoms with Crippen molar-refractivity contribution in [1.29, 1.82) is 0 Å². The molecule has 0 saturated carbocycles. The van der Waals surface area contributed by atoms with E-state index in [-0.39, 0.29) is 11.5 Å². The van der Waals surface area contributed by atoms with Crippen molar-refractivity contribution in [3.63, 3.8) is 0 Å². The largest absolute Gasteiger partial charge is 0.480 e. The number of aliphatic hydroxyl groups excluding tert-OH is 1. The molecular formula is C12H18N4O5. The summed E-state index contributed by atoms with van der Waals surface area (Å²) in [6, 6.07) is -1.49. The predicted octanol–water partition coefficient (Wildman–Crippen LogP) is 0.269. The summed E-state index contributed by atoms with van der Waals surface area (Å²) in [7, 11) is 0. The number of carboxylic acids is 1. The summed E-state index contributed by atoms with van der Waals surface area (Å²) >= 11 is 0. The molecule has 2 unspecified atom stereocenters. The summed E-state index contributed by atoms with van der Waals surface area (Å²) in [5, 5.41) is 20.7. The van der Waals surface area contributed by atoms with E-state index >= 15 is 0 Å². The zero-order valence-corrected chi connectivity index (χ0v) is 11.9. The minimum atomic E-state index is -1.49. The molecule has 0 aliphatic heterocycles. The number of aliphatic carboxylic acids is 1. The van der Waals surface area contributed by atoms with Gasteiger partial charge < -0.3 is 20.7 Å². The highest BCUT2D eigenvalue weighted by molar-refractivity contribution is 5.82. The molecule has 5 N–H and O–H groups in total. The van der Waals surface area contributed by atoms with E-state index in [1.54, 1.807) is 20.8 Å². The van der Waals surface area contributed by atoms with Crippen LogP contribution in [0.15, 0.2) is 12.4 Å². The Morgan fingerprint density at radius 1 is 1.33 bits per heavy atom. The molecule has 0 aliphatic carbocycles. The molecule has 116 valence electrons. The Kier molecular flexibility index (Phi) is 5.17. The van der Waals surface area contributed by atoms with Gasteiger partial charge in [-0.3, -0.25) is 10.1 Å². The number of rotatable bonds is 4. The van der Waals surface area contributed by atoms with Crippen molar-refractivity contribution < 1.29 is 24.5 Å². The van der Waals surface area contributed by atoms with E-state index in [9.17, 15) is 14.7 Å². The molecule has 9 heteroatoms. The van der Waals surface area contributed by atoms with E-state index in [4.69, 9.17) is 15.6 Å². The van der Waals surface area contributed by atoms with Crippen LogP contribution < -0.4 is 11.1 Å². The number of hydrogen-bond donors (Lipinski definition) is 4. The second-order valence-corrected chi connectivity index (χ2v) is 5.28. The van der Waals surface area contributed by atoms with Gasteiger partial charge in [-0.05, 0) is 20.8 Å². The Morgan fingerprint density at radius 2 is 1.86 bits per heavy atom. The Labute approximate surface area is 121 Å². The number of amides is 1. The van der Waals surface area contributed by atoms with Crippen LogP contribution in [0.25, 0.3) is 0 Å². The van der Waals surface area contributed by atoms with Crippen molar-refractivity contribution in [2.24, 2.45) is 5.73 Å². The average molecular weight is 298 g/mol. The number of hydrogen-bond acceptors (Lipinski definition) is 7. The number of carboxylic acid groups (broad SMARTS) is 1. The van der Waals surface area contributed by atoms with Crippen LogP contribution >= 0.6 is 0 Å². The van der Waals surface area contributed by atoms with E-state index in [0.717, 1.165) is 0 Å². The van der Waals surface area contributed by atoms with E-state index in [0.29, 0.717) is 0 Å². The maximum atomic E-state index is 11.5. The molecule has 0 aliphatic rings. The van der Waals surface area contributed by atoms with Crippen molar-refractivity contribution in [1.82, 2.24) is 9.97 Å². The zero-order chi connectivity index (χ0) is 16.2. The highest BCUT2D eigenvalue weighted by atomic mass is 16.6. The first-order valence-corrected chi connectivity index (χ1v) is 6.08. The van der Waals surface area contributed by atoms with Crippen molar-refractivity contribution in [2.75, 3.05) is 5.32 Å². The molecule has 21 heavy (non-hydrogen) atoms. The lowest BCUT2D eigenvalue weighted by molar-refractivity contribution is -0.141. The Balaban J connectivity index is 2.70. The molecule has 1 amide bonds. The van der Waals surface area contributed by atoms with Gasteiger partial charge in [0.2, 0.25) is 5.95 Å². The lowest BCUT2D eigenvalue weighted by Crippen LogP contribution is -2.36. The fourth-order valence-electron chi connectivity index (χ4n) is 1.29. The number of carbonyl (C=O) groups excluding carboxylic acids is 1. The van der Waals surface area contributed by atoms with Crippen LogP contribution in [-0.2, 0) is 9.53 Å². The van der Waals surface area contributed by atoms with Crippen LogP contribution in [0.1, 0.15) is 32.4 Å². The monoisotopic (exact) mass is 298 g/mol. The van der Waals surface area contributed by atoms with Crippen LogP contribution in [-0.4, -0.2) is 43.9 Å². The van der Waals surface area contributed by atoms with Gasteiger partial charge in [0.25, 0.3) is 0 Å². The smallest absolute Gasteiger partial charge is 0.414 e. The Bertz CT molecular complexity index is 511. The van der Waals surface area contributed by atoms with Crippen LogP contribution in [0.2, 0.25) is 0 Å². The van der Waals surface area contributed by atoms with Gasteiger partial charge in [0.1, 0.15) is 17.7 Å². The van der Waals surface area contributed by atoms with E-state index in [1.807, 2.05) is 0 Å². The lowest BCUT2D eigenvalue weighted by Gasteiger charge is -2.19. The SMILES string of the molecule is CC(C)(C)OC(=O)Nc1ncc(C(O)C(N)C(=O)O)cn1. The topological polar surface area (TPSA) is 148 Å². The number of aromatic nitrogens is 2. The fourth-order valence-corrected chi connectivity index (χ4v) is 1.29. The van der Waals surface area contributed by atoms with Crippen LogP contribution in [0.4, 0.5) is 10.7 Å². The van der Waals surface area contributed by atoms with Gasteiger partial charge in [-0.1, -0.05) is 0 Å². The molecule has 9 nitrogen and oxygen atoms in total. The highest BCUT2D eigenvalue weighted by Gasteiger charge is 2.24. The summed E-state index contributed by atoms with van der Waals surface area (Å²) in [6.07, 6.45) is 0.177. The summed E-state index contributed by atoms with van der Waals surface area (Å²) in [5.74, 6) is -1.39. The van der Waals surface area contributed by atoms with Gasteiger partial charge in [0.05, 0.1) is 0 Å². The zero-order valence-electron chi connectivity index (χ0n) is 11.9. The van der Waals surface area contributed by atoms with E-state index in [1.165, 1.54) is 12.4 Å². The molecule has 0 fully saturated rings. The average Bonchev–Trinajstić information content (AvgIpc) is 2.35. The standard InChI is InChI=1S/C12H18N4O5/c1-12(2,3)21-11(20)16-10-14-4-6(5-15-10)8(17)7(13)9(18)19/h4-5,7-8,17H,13H2,1-3H3,(H,18,19)(H,14,15,16,20). The summed E-state index contributed by atoms with van der Waals surface area (Å²) in [5.41, 5.74) is 4.75. The number of nitrogens with zero attached hydrogens (tertiary/aromatic N) is 2. The third kappa shape index (κ3) is 5.32. The second kappa shape index (κ2) is 6.46. The third-order valence-electron chi connectivity index (χ3n) is 2.25. The summed E-state index contributed by atoms with van der Waals surface area (Å²) < 4.78 is 5.01. The van der Waals surface area contributed by atoms with Gasteiger partial charge in [-0.25, -0.2) is 14.8 Å². The number of nitrogens with one attached hydrogen (secondary N) is 1. The molecule has 1 aromatic rings. The first kappa shape index (κ1) is 16.8. The minimum absolute atomic E-state index is 0.0379. The van der Waals surface area contributed by atoms with E-state index < -0.39 is 29.8 Å². The van der Waals surface area contributed by atoms with Crippen molar-refractivity contribution in [3.05, 3.63) is 18.0 Å². The lowest BCUT2D eigenvalue weighted by atomic mass is 10.1. The molecule has 1 aromatic heterocycles. The number of anilines is 1. The Morgan fingerprint density at radius 3 is 2.29 bits per heavy atom. The van der Waals surface area contributed by atoms with E-state index in [2.05, 4.69) is 15.3 Å². The molecule has 0 saturated heterocycles.